The number of ketones is 1. The summed E-state index contributed by atoms with van der Waals surface area (Å²) < 4.78 is 7.05. The summed E-state index contributed by atoms with van der Waals surface area (Å²) >= 11 is 8.33. The van der Waals surface area contributed by atoms with Gasteiger partial charge in [-0.05, 0) is 45.8 Å². The van der Waals surface area contributed by atoms with Crippen LogP contribution >= 0.6 is 43.2 Å². The average molecular weight is 390 g/mol. The highest BCUT2D eigenvalue weighted by molar-refractivity contribution is 9.11. The Morgan fingerprint density at radius 1 is 1.33 bits per heavy atom. The molecule has 94 valence electrons. The van der Waals surface area contributed by atoms with Crippen molar-refractivity contribution in [2.24, 2.45) is 0 Å². The van der Waals surface area contributed by atoms with E-state index in [1.54, 1.807) is 7.11 Å². The van der Waals surface area contributed by atoms with Gasteiger partial charge in [0, 0.05) is 21.8 Å². The van der Waals surface area contributed by atoms with Gasteiger partial charge in [-0.15, -0.1) is 11.3 Å². The predicted octanol–water partition coefficient (Wildman–Crippen LogP) is 4.71. The van der Waals surface area contributed by atoms with E-state index in [1.807, 2.05) is 29.6 Å². The SMILES string of the molecule is COc1ccc(Br)c(CC(=O)c2csc(Br)c2)c1. The van der Waals surface area contributed by atoms with Crippen LogP contribution in [0.5, 0.6) is 5.75 Å². The summed E-state index contributed by atoms with van der Waals surface area (Å²) in [5, 5.41) is 1.86. The van der Waals surface area contributed by atoms with Crippen molar-refractivity contribution in [2.45, 2.75) is 6.42 Å². The molecule has 0 unspecified atom stereocenters. The summed E-state index contributed by atoms with van der Waals surface area (Å²) in [7, 11) is 1.62. The molecule has 0 atom stereocenters. The molecule has 0 aliphatic heterocycles. The number of Topliss-reactive ketones (excluding diaryl/α,β-unsaturated/α-hetero) is 1. The van der Waals surface area contributed by atoms with Crippen LogP contribution in [0.2, 0.25) is 0 Å². The molecule has 0 saturated carbocycles. The number of hydrogen-bond acceptors (Lipinski definition) is 3. The molecule has 0 aliphatic carbocycles. The highest BCUT2D eigenvalue weighted by Gasteiger charge is 2.12. The molecule has 0 fully saturated rings. The molecule has 2 nitrogen and oxygen atoms in total. The summed E-state index contributed by atoms with van der Waals surface area (Å²) in [6.07, 6.45) is 0.362. The summed E-state index contributed by atoms with van der Waals surface area (Å²) in [5.41, 5.74) is 1.67. The molecule has 2 rings (SSSR count). The van der Waals surface area contributed by atoms with Crippen LogP contribution in [-0.2, 0) is 6.42 Å². The van der Waals surface area contributed by atoms with Crippen LogP contribution in [0.25, 0.3) is 0 Å². The number of carbonyl (C=O) groups excluding carboxylic acids is 1. The third-order valence-corrected chi connectivity index (χ3v) is 4.77. The zero-order valence-corrected chi connectivity index (χ0v) is 13.6. The lowest BCUT2D eigenvalue weighted by Gasteiger charge is -2.06. The van der Waals surface area contributed by atoms with Crippen molar-refractivity contribution < 1.29 is 9.53 Å². The zero-order chi connectivity index (χ0) is 13.1. The highest BCUT2D eigenvalue weighted by Crippen LogP contribution is 2.26. The lowest BCUT2D eigenvalue weighted by atomic mass is 10.1. The lowest BCUT2D eigenvalue weighted by molar-refractivity contribution is 0.0993. The Morgan fingerprint density at radius 2 is 2.11 bits per heavy atom. The van der Waals surface area contributed by atoms with Gasteiger partial charge in [0.25, 0.3) is 0 Å². The number of ether oxygens (including phenoxy) is 1. The summed E-state index contributed by atoms with van der Waals surface area (Å²) in [6.45, 7) is 0. The molecule has 1 aromatic carbocycles. The molecule has 0 amide bonds. The van der Waals surface area contributed by atoms with Crippen LogP contribution in [0.3, 0.4) is 0 Å². The number of halogens is 2. The van der Waals surface area contributed by atoms with Gasteiger partial charge >= 0.3 is 0 Å². The molecule has 2 aromatic rings. The fourth-order valence-electron chi connectivity index (χ4n) is 1.54. The Hall–Kier alpha value is -0.650. The molecule has 1 aromatic heterocycles. The number of rotatable bonds is 4. The van der Waals surface area contributed by atoms with E-state index in [-0.39, 0.29) is 5.78 Å². The van der Waals surface area contributed by atoms with E-state index in [0.717, 1.165) is 25.1 Å². The van der Waals surface area contributed by atoms with Crippen LogP contribution in [0.4, 0.5) is 0 Å². The van der Waals surface area contributed by atoms with Crippen molar-refractivity contribution in [1.82, 2.24) is 0 Å². The molecule has 0 spiro atoms. The predicted molar refractivity (Wildman–Crippen MR) is 80.7 cm³/mol. The second-order valence-corrected chi connectivity index (χ2v) is 6.84. The summed E-state index contributed by atoms with van der Waals surface area (Å²) in [5.74, 6) is 0.860. The van der Waals surface area contributed by atoms with Gasteiger partial charge in [-0.25, -0.2) is 0 Å². The van der Waals surface area contributed by atoms with Crippen LogP contribution in [0.1, 0.15) is 15.9 Å². The molecule has 0 aliphatic rings. The van der Waals surface area contributed by atoms with Gasteiger partial charge in [0.2, 0.25) is 0 Å². The fraction of sp³-hybridized carbons (Fsp3) is 0.154. The van der Waals surface area contributed by atoms with Gasteiger partial charge in [-0.1, -0.05) is 15.9 Å². The van der Waals surface area contributed by atoms with E-state index in [9.17, 15) is 4.79 Å². The third kappa shape index (κ3) is 3.22. The zero-order valence-electron chi connectivity index (χ0n) is 9.57. The second-order valence-electron chi connectivity index (χ2n) is 3.70. The Morgan fingerprint density at radius 3 is 2.72 bits per heavy atom. The van der Waals surface area contributed by atoms with E-state index in [1.165, 1.54) is 11.3 Å². The average Bonchev–Trinajstić information content (AvgIpc) is 2.79. The van der Waals surface area contributed by atoms with E-state index in [2.05, 4.69) is 31.9 Å². The number of hydrogen-bond donors (Lipinski definition) is 0. The van der Waals surface area contributed by atoms with Crippen LogP contribution in [0, 0.1) is 0 Å². The first-order valence-electron chi connectivity index (χ1n) is 5.20. The van der Waals surface area contributed by atoms with Crippen LogP contribution in [0.15, 0.2) is 37.9 Å². The first-order valence-corrected chi connectivity index (χ1v) is 7.66. The normalized spacial score (nSPS) is 10.4. The molecular formula is C13H10Br2O2S. The van der Waals surface area contributed by atoms with Gasteiger partial charge in [0.1, 0.15) is 5.75 Å². The molecule has 5 heteroatoms. The quantitative estimate of drug-likeness (QED) is 0.708. The number of benzene rings is 1. The largest absolute Gasteiger partial charge is 0.497 e. The van der Waals surface area contributed by atoms with E-state index < -0.39 is 0 Å². The van der Waals surface area contributed by atoms with Crippen molar-refractivity contribution in [1.29, 1.82) is 0 Å². The fourth-order valence-corrected chi connectivity index (χ4v) is 3.09. The summed E-state index contributed by atoms with van der Waals surface area (Å²) in [4.78, 5) is 12.1. The monoisotopic (exact) mass is 388 g/mol. The standard InChI is InChI=1S/C13H10Br2O2S/c1-17-10-2-3-11(14)8(4-10)5-12(16)9-6-13(15)18-7-9/h2-4,6-7H,5H2,1H3. The van der Waals surface area contributed by atoms with Crippen molar-refractivity contribution in [3.63, 3.8) is 0 Å². The minimum atomic E-state index is 0.103. The first kappa shape index (κ1) is 13.8. The third-order valence-electron chi connectivity index (χ3n) is 2.49. The van der Waals surface area contributed by atoms with Crippen LogP contribution in [-0.4, -0.2) is 12.9 Å². The molecule has 0 bridgehead atoms. The molecule has 1 heterocycles. The van der Waals surface area contributed by atoms with Gasteiger partial charge in [-0.2, -0.15) is 0 Å². The molecule has 0 saturated heterocycles. The van der Waals surface area contributed by atoms with Crippen molar-refractivity contribution in [2.75, 3.05) is 7.11 Å². The minimum absolute atomic E-state index is 0.103. The number of methoxy groups -OCH3 is 1. The smallest absolute Gasteiger partial charge is 0.168 e. The van der Waals surface area contributed by atoms with E-state index >= 15 is 0 Å². The van der Waals surface area contributed by atoms with Gasteiger partial charge < -0.3 is 4.74 Å². The highest BCUT2D eigenvalue weighted by atomic mass is 79.9. The first-order chi connectivity index (χ1) is 8.60. The maximum Gasteiger partial charge on any atom is 0.168 e. The molecule has 18 heavy (non-hydrogen) atoms. The molecule has 0 N–H and O–H groups in total. The van der Waals surface area contributed by atoms with Crippen molar-refractivity contribution in [3.05, 3.63) is 49.0 Å². The van der Waals surface area contributed by atoms with Crippen molar-refractivity contribution in [3.8, 4) is 5.75 Å². The Bertz CT molecular complexity index is 578. The van der Waals surface area contributed by atoms with Gasteiger partial charge in [0.15, 0.2) is 5.78 Å². The maximum absolute atomic E-state index is 12.1. The Balaban J connectivity index is 2.21. The number of thiophene rings is 1. The molecule has 0 radical (unpaired) electrons. The Labute approximate surface area is 126 Å². The maximum atomic E-state index is 12.1. The molecular weight excluding hydrogens is 380 g/mol. The van der Waals surface area contributed by atoms with Gasteiger partial charge in [0.05, 0.1) is 10.9 Å². The van der Waals surface area contributed by atoms with E-state index in [0.29, 0.717) is 6.42 Å². The minimum Gasteiger partial charge on any atom is -0.497 e. The van der Waals surface area contributed by atoms with Crippen LogP contribution < -0.4 is 4.74 Å². The van der Waals surface area contributed by atoms with Crippen molar-refractivity contribution >= 4 is 49.0 Å². The summed E-state index contributed by atoms with van der Waals surface area (Å²) in [6, 6.07) is 7.48. The van der Waals surface area contributed by atoms with Gasteiger partial charge in [-0.3, -0.25) is 4.79 Å². The number of carbonyl (C=O) groups is 1. The second kappa shape index (κ2) is 5.99. The topological polar surface area (TPSA) is 26.3 Å². The Kier molecular flexibility index (Phi) is 4.59. The van der Waals surface area contributed by atoms with E-state index in [4.69, 9.17) is 4.74 Å². The lowest BCUT2D eigenvalue weighted by Crippen LogP contribution is -2.03.